The number of carbonyl (C=O) groups is 2. The molecule has 1 saturated carbocycles. The molecule has 37 heavy (non-hydrogen) atoms. The van der Waals surface area contributed by atoms with Crippen LogP contribution in [0, 0.1) is 11.2 Å². The van der Waals surface area contributed by atoms with Crippen LogP contribution in [0.4, 0.5) is 23.2 Å². The number of anilines is 1. The number of hydrogen-bond acceptors (Lipinski definition) is 5. The van der Waals surface area contributed by atoms with Gasteiger partial charge in [-0.25, -0.2) is 12.8 Å². The molecule has 0 aliphatic heterocycles. The number of ether oxygens (including phenoxy) is 1. The second-order valence-corrected chi connectivity index (χ2v) is 10.7. The summed E-state index contributed by atoms with van der Waals surface area (Å²) in [5.74, 6) is -1.82. The summed E-state index contributed by atoms with van der Waals surface area (Å²) in [6, 6.07) is 14.2. The molecule has 6 nitrogen and oxygen atoms in total. The van der Waals surface area contributed by atoms with Crippen LogP contribution in [0.3, 0.4) is 0 Å². The van der Waals surface area contributed by atoms with Crippen LogP contribution in [0.2, 0.25) is 0 Å². The largest absolute Gasteiger partial charge is 0.455 e. The molecule has 0 bridgehead atoms. The van der Waals surface area contributed by atoms with Gasteiger partial charge in [-0.05, 0) is 85.5 Å². The highest BCUT2D eigenvalue weighted by atomic mass is 32.2. The van der Waals surface area contributed by atoms with Gasteiger partial charge in [0.05, 0.1) is 20.8 Å². The number of amides is 1. The molecular formula is C26H21F4NO5S. The van der Waals surface area contributed by atoms with Crippen LogP contribution < -0.4 is 5.32 Å². The van der Waals surface area contributed by atoms with E-state index in [4.69, 9.17) is 4.74 Å². The maximum absolute atomic E-state index is 13.1. The molecule has 0 heterocycles. The van der Waals surface area contributed by atoms with E-state index in [1.54, 1.807) is 0 Å². The predicted molar refractivity (Wildman–Crippen MR) is 125 cm³/mol. The van der Waals surface area contributed by atoms with Crippen molar-refractivity contribution in [1.82, 2.24) is 0 Å². The molecule has 1 aliphatic rings. The highest BCUT2D eigenvalue weighted by Gasteiger charge is 2.51. The first kappa shape index (κ1) is 26.3. The van der Waals surface area contributed by atoms with Crippen molar-refractivity contribution < 1.29 is 40.3 Å². The van der Waals surface area contributed by atoms with Gasteiger partial charge in [-0.3, -0.25) is 9.59 Å². The van der Waals surface area contributed by atoms with Crippen LogP contribution in [0.15, 0.2) is 82.6 Å². The Balaban J connectivity index is 1.30. The fraction of sp³-hybridized carbons (Fsp3) is 0.231. The van der Waals surface area contributed by atoms with E-state index >= 15 is 0 Å². The van der Waals surface area contributed by atoms with Crippen molar-refractivity contribution >= 4 is 27.4 Å². The van der Waals surface area contributed by atoms with Crippen LogP contribution in [0.5, 0.6) is 0 Å². The van der Waals surface area contributed by atoms with Gasteiger partial charge >= 0.3 is 12.1 Å². The van der Waals surface area contributed by atoms with Gasteiger partial charge in [0.1, 0.15) is 5.82 Å². The Morgan fingerprint density at radius 3 is 1.92 bits per heavy atom. The molecule has 3 aromatic rings. The Bertz CT molecular complexity index is 1400. The zero-order valence-electron chi connectivity index (χ0n) is 19.2. The minimum atomic E-state index is -4.45. The summed E-state index contributed by atoms with van der Waals surface area (Å²) in [6.45, 7) is -0.580. The number of alkyl halides is 3. The maximum Gasteiger partial charge on any atom is 0.416 e. The number of esters is 1. The summed E-state index contributed by atoms with van der Waals surface area (Å²) in [6.07, 6.45) is -3.24. The third-order valence-electron chi connectivity index (χ3n) is 6.02. The standard InChI is InChI=1S/C26H21F4NO5S/c27-19-5-9-21(10-6-19)37(34,35)22-11-7-20(8-12-22)31-23(32)16-36-24(33)25(13-14-25)15-17-1-3-18(4-2-17)26(28,29)30/h1-12H,13-16H2,(H,31,32). The van der Waals surface area contributed by atoms with Crippen LogP contribution >= 0.6 is 0 Å². The number of sulfone groups is 1. The van der Waals surface area contributed by atoms with Gasteiger partial charge in [0.15, 0.2) is 6.61 Å². The van der Waals surface area contributed by atoms with Crippen molar-refractivity contribution in [2.24, 2.45) is 5.41 Å². The summed E-state index contributed by atoms with van der Waals surface area (Å²) in [7, 11) is -3.87. The quantitative estimate of drug-likeness (QED) is 0.244. The summed E-state index contributed by atoms with van der Waals surface area (Å²) in [5, 5.41) is 2.50. The van der Waals surface area contributed by atoms with E-state index in [0.717, 1.165) is 36.4 Å². The molecule has 0 spiro atoms. The second kappa shape index (κ2) is 9.97. The Labute approximate surface area is 210 Å². The molecule has 194 valence electrons. The van der Waals surface area contributed by atoms with E-state index in [9.17, 15) is 35.6 Å². The SMILES string of the molecule is O=C(COC(=O)C1(Cc2ccc(C(F)(F)F)cc2)CC1)Nc1ccc(S(=O)(=O)c2ccc(F)cc2)cc1. The van der Waals surface area contributed by atoms with Gasteiger partial charge in [0.25, 0.3) is 5.91 Å². The zero-order chi connectivity index (χ0) is 26.8. The first-order valence-electron chi connectivity index (χ1n) is 11.1. The Hall–Kier alpha value is -3.73. The van der Waals surface area contributed by atoms with Crippen molar-refractivity contribution in [2.75, 3.05) is 11.9 Å². The van der Waals surface area contributed by atoms with E-state index in [0.29, 0.717) is 18.4 Å². The maximum atomic E-state index is 13.1. The second-order valence-electron chi connectivity index (χ2n) is 8.76. The van der Waals surface area contributed by atoms with Crippen molar-refractivity contribution in [3.63, 3.8) is 0 Å². The van der Waals surface area contributed by atoms with Gasteiger partial charge in [0, 0.05) is 5.69 Å². The van der Waals surface area contributed by atoms with Gasteiger partial charge in [-0.15, -0.1) is 0 Å². The van der Waals surface area contributed by atoms with Gasteiger partial charge in [-0.1, -0.05) is 12.1 Å². The normalized spacial score (nSPS) is 14.6. The lowest BCUT2D eigenvalue weighted by molar-refractivity contribution is -0.153. The molecule has 11 heteroatoms. The lowest BCUT2D eigenvalue weighted by Crippen LogP contribution is -2.27. The minimum absolute atomic E-state index is 0.0533. The molecule has 0 aromatic heterocycles. The van der Waals surface area contributed by atoms with E-state index in [-0.39, 0.29) is 21.9 Å². The predicted octanol–water partition coefficient (Wildman–Crippen LogP) is 5.18. The zero-order valence-corrected chi connectivity index (χ0v) is 20.0. The molecule has 1 aliphatic carbocycles. The third-order valence-corrected chi connectivity index (χ3v) is 7.80. The van der Waals surface area contributed by atoms with Crippen LogP contribution in [-0.2, 0) is 36.8 Å². The summed E-state index contributed by atoms with van der Waals surface area (Å²) < 4.78 is 81.7. The van der Waals surface area contributed by atoms with E-state index in [1.165, 1.54) is 36.4 Å². The van der Waals surface area contributed by atoms with Crippen molar-refractivity contribution in [1.29, 1.82) is 0 Å². The number of halogens is 4. The van der Waals surface area contributed by atoms with Gasteiger partial charge in [-0.2, -0.15) is 13.2 Å². The fourth-order valence-corrected chi connectivity index (χ4v) is 5.02. The number of hydrogen-bond donors (Lipinski definition) is 1. The molecule has 1 N–H and O–H groups in total. The molecule has 0 radical (unpaired) electrons. The average Bonchev–Trinajstić information content (AvgIpc) is 3.63. The van der Waals surface area contributed by atoms with Crippen LogP contribution in [0.25, 0.3) is 0 Å². The monoisotopic (exact) mass is 535 g/mol. The van der Waals surface area contributed by atoms with Gasteiger partial charge < -0.3 is 10.1 Å². The highest BCUT2D eigenvalue weighted by molar-refractivity contribution is 7.91. The van der Waals surface area contributed by atoms with Crippen LogP contribution in [-0.4, -0.2) is 26.9 Å². The molecule has 0 atom stereocenters. The number of rotatable bonds is 8. The molecule has 1 amide bonds. The summed E-state index contributed by atoms with van der Waals surface area (Å²) in [5.41, 5.74) is -0.815. The summed E-state index contributed by atoms with van der Waals surface area (Å²) in [4.78, 5) is 24.7. The Morgan fingerprint density at radius 2 is 1.41 bits per heavy atom. The minimum Gasteiger partial charge on any atom is -0.455 e. The smallest absolute Gasteiger partial charge is 0.416 e. The lowest BCUT2D eigenvalue weighted by Gasteiger charge is -2.15. The van der Waals surface area contributed by atoms with Crippen molar-refractivity contribution in [3.05, 3.63) is 89.7 Å². The number of carbonyl (C=O) groups excluding carboxylic acids is 2. The van der Waals surface area contributed by atoms with E-state index in [1.807, 2.05) is 0 Å². The van der Waals surface area contributed by atoms with E-state index < -0.39 is 51.3 Å². The lowest BCUT2D eigenvalue weighted by atomic mass is 9.96. The molecule has 1 fully saturated rings. The molecule has 4 rings (SSSR count). The van der Waals surface area contributed by atoms with Crippen LogP contribution in [0.1, 0.15) is 24.0 Å². The number of benzene rings is 3. The fourth-order valence-electron chi connectivity index (χ4n) is 3.75. The van der Waals surface area contributed by atoms with Gasteiger partial charge in [0.2, 0.25) is 9.84 Å². The first-order valence-corrected chi connectivity index (χ1v) is 12.6. The third kappa shape index (κ3) is 6.16. The summed E-state index contributed by atoms with van der Waals surface area (Å²) >= 11 is 0. The molecule has 0 saturated heterocycles. The van der Waals surface area contributed by atoms with Crippen molar-refractivity contribution in [2.45, 2.75) is 35.2 Å². The van der Waals surface area contributed by atoms with E-state index in [2.05, 4.69) is 5.32 Å². The Kier molecular flexibility index (Phi) is 7.09. The Morgan fingerprint density at radius 1 is 0.865 bits per heavy atom. The molecule has 3 aromatic carbocycles. The molecular weight excluding hydrogens is 514 g/mol. The highest BCUT2D eigenvalue weighted by Crippen LogP contribution is 2.49. The topological polar surface area (TPSA) is 89.5 Å². The number of nitrogens with one attached hydrogen (secondary N) is 1. The first-order chi connectivity index (χ1) is 17.4. The van der Waals surface area contributed by atoms with Crippen molar-refractivity contribution in [3.8, 4) is 0 Å². The molecule has 0 unspecified atom stereocenters. The average molecular weight is 536 g/mol.